The van der Waals surface area contributed by atoms with Gasteiger partial charge in [-0.15, -0.1) is 0 Å². The molecular weight excluding hydrogens is 181 g/mol. The Morgan fingerprint density at radius 2 is 2.21 bits per heavy atom. The van der Waals surface area contributed by atoms with Gasteiger partial charge < -0.3 is 10.6 Å². The first-order chi connectivity index (χ1) is 6.63. The van der Waals surface area contributed by atoms with E-state index in [1.165, 1.54) is 12.3 Å². The maximum absolute atomic E-state index is 12.9. The second-order valence-electron chi connectivity index (χ2n) is 3.45. The van der Waals surface area contributed by atoms with E-state index < -0.39 is 0 Å². The Hall–Kier alpha value is -1.16. The molecule has 1 heterocycles. The molecule has 0 bridgehead atoms. The molecule has 0 fully saturated rings. The molecule has 78 valence electrons. The van der Waals surface area contributed by atoms with Crippen LogP contribution in [0.2, 0.25) is 0 Å². The number of pyridine rings is 1. The van der Waals surface area contributed by atoms with Crippen molar-refractivity contribution in [2.24, 2.45) is 0 Å². The van der Waals surface area contributed by atoms with Crippen LogP contribution in [0.4, 0.5) is 10.2 Å². The number of nitrogens with zero attached hydrogens (tertiary/aromatic N) is 1. The van der Waals surface area contributed by atoms with Crippen molar-refractivity contribution in [3.63, 3.8) is 0 Å². The van der Waals surface area contributed by atoms with Crippen LogP contribution in [0.25, 0.3) is 0 Å². The van der Waals surface area contributed by atoms with E-state index in [1.54, 1.807) is 7.05 Å². The van der Waals surface area contributed by atoms with Gasteiger partial charge in [0, 0.05) is 25.2 Å². The van der Waals surface area contributed by atoms with Crippen LogP contribution in [-0.2, 0) is 6.54 Å². The Labute approximate surface area is 83.7 Å². The average molecular weight is 197 g/mol. The van der Waals surface area contributed by atoms with Crippen LogP contribution in [0.1, 0.15) is 19.4 Å². The largest absolute Gasteiger partial charge is 0.373 e. The molecule has 0 aliphatic heterocycles. The van der Waals surface area contributed by atoms with Gasteiger partial charge in [0.15, 0.2) is 0 Å². The van der Waals surface area contributed by atoms with E-state index in [-0.39, 0.29) is 5.82 Å². The molecule has 1 aromatic rings. The van der Waals surface area contributed by atoms with Crippen LogP contribution in [-0.4, -0.2) is 18.1 Å². The fourth-order valence-electron chi connectivity index (χ4n) is 1.16. The van der Waals surface area contributed by atoms with Crippen molar-refractivity contribution in [3.05, 3.63) is 23.6 Å². The zero-order valence-electron chi connectivity index (χ0n) is 8.76. The maximum Gasteiger partial charge on any atom is 0.141 e. The summed E-state index contributed by atoms with van der Waals surface area (Å²) in [7, 11) is 1.78. The van der Waals surface area contributed by atoms with E-state index in [1.807, 2.05) is 13.8 Å². The molecule has 0 atom stereocenters. The number of hydrogen-bond donors (Lipinski definition) is 2. The van der Waals surface area contributed by atoms with Crippen molar-refractivity contribution < 1.29 is 4.39 Å². The smallest absolute Gasteiger partial charge is 0.141 e. The Kier molecular flexibility index (Phi) is 3.83. The van der Waals surface area contributed by atoms with Crippen LogP contribution in [0.15, 0.2) is 12.3 Å². The lowest BCUT2D eigenvalue weighted by atomic mass is 10.2. The molecule has 0 spiro atoms. The zero-order chi connectivity index (χ0) is 10.6. The first-order valence-corrected chi connectivity index (χ1v) is 4.69. The molecule has 0 unspecified atom stereocenters. The monoisotopic (exact) mass is 197 g/mol. The van der Waals surface area contributed by atoms with E-state index >= 15 is 0 Å². The molecule has 0 saturated carbocycles. The van der Waals surface area contributed by atoms with Gasteiger partial charge in [-0.2, -0.15) is 0 Å². The Balaban J connectivity index is 2.77. The molecule has 14 heavy (non-hydrogen) atoms. The lowest BCUT2D eigenvalue weighted by Gasteiger charge is -2.11. The third-order valence-corrected chi connectivity index (χ3v) is 1.87. The van der Waals surface area contributed by atoms with Gasteiger partial charge in [0.2, 0.25) is 0 Å². The summed E-state index contributed by atoms with van der Waals surface area (Å²) in [5, 5.41) is 6.15. The average Bonchev–Trinajstić information content (AvgIpc) is 2.15. The summed E-state index contributed by atoms with van der Waals surface area (Å²) < 4.78 is 12.9. The van der Waals surface area contributed by atoms with Gasteiger partial charge >= 0.3 is 0 Å². The molecule has 0 aliphatic carbocycles. The number of hydrogen-bond acceptors (Lipinski definition) is 3. The lowest BCUT2D eigenvalue weighted by molar-refractivity contribution is 0.579. The van der Waals surface area contributed by atoms with Crippen molar-refractivity contribution >= 4 is 5.82 Å². The maximum atomic E-state index is 12.9. The molecule has 4 heteroatoms. The Morgan fingerprint density at radius 1 is 1.50 bits per heavy atom. The molecule has 0 aromatic carbocycles. The van der Waals surface area contributed by atoms with E-state index in [0.29, 0.717) is 12.6 Å². The first-order valence-electron chi connectivity index (χ1n) is 4.69. The van der Waals surface area contributed by atoms with Crippen molar-refractivity contribution in [1.29, 1.82) is 0 Å². The van der Waals surface area contributed by atoms with Crippen molar-refractivity contribution in [1.82, 2.24) is 10.3 Å². The molecule has 1 rings (SSSR count). The fraction of sp³-hybridized carbons (Fsp3) is 0.500. The number of anilines is 1. The number of nitrogens with one attached hydrogen (secondary N) is 2. The van der Waals surface area contributed by atoms with Gasteiger partial charge in [0.1, 0.15) is 11.6 Å². The van der Waals surface area contributed by atoms with Gasteiger partial charge in [-0.3, -0.25) is 0 Å². The van der Waals surface area contributed by atoms with Crippen molar-refractivity contribution in [3.8, 4) is 0 Å². The number of halogens is 1. The summed E-state index contributed by atoms with van der Waals surface area (Å²) in [5.41, 5.74) is 0.848. The summed E-state index contributed by atoms with van der Waals surface area (Å²) in [5.74, 6) is 0.420. The SMILES string of the molecule is CNc1ncc(F)cc1CNC(C)C. The van der Waals surface area contributed by atoms with Crippen LogP contribution >= 0.6 is 0 Å². The van der Waals surface area contributed by atoms with Crippen molar-refractivity contribution in [2.75, 3.05) is 12.4 Å². The third kappa shape index (κ3) is 2.96. The van der Waals surface area contributed by atoms with Crippen LogP contribution < -0.4 is 10.6 Å². The minimum absolute atomic E-state index is 0.301. The minimum atomic E-state index is -0.301. The summed E-state index contributed by atoms with van der Waals surface area (Å²) in [4.78, 5) is 3.95. The molecule has 3 nitrogen and oxygen atoms in total. The highest BCUT2D eigenvalue weighted by Gasteiger charge is 2.04. The highest BCUT2D eigenvalue weighted by Crippen LogP contribution is 2.12. The third-order valence-electron chi connectivity index (χ3n) is 1.87. The number of rotatable bonds is 4. The van der Waals surface area contributed by atoms with Gasteiger partial charge in [0.05, 0.1) is 6.20 Å². The highest BCUT2D eigenvalue weighted by atomic mass is 19.1. The Morgan fingerprint density at radius 3 is 2.79 bits per heavy atom. The second-order valence-corrected chi connectivity index (χ2v) is 3.45. The lowest BCUT2D eigenvalue weighted by Crippen LogP contribution is -2.22. The Bertz CT molecular complexity index is 299. The van der Waals surface area contributed by atoms with Gasteiger partial charge in [-0.1, -0.05) is 13.8 Å². The van der Waals surface area contributed by atoms with E-state index in [2.05, 4.69) is 15.6 Å². The van der Waals surface area contributed by atoms with E-state index in [4.69, 9.17) is 0 Å². The second kappa shape index (κ2) is 4.91. The predicted octanol–water partition coefficient (Wildman–Crippen LogP) is 1.76. The molecule has 0 aliphatic rings. The quantitative estimate of drug-likeness (QED) is 0.772. The highest BCUT2D eigenvalue weighted by molar-refractivity contribution is 5.43. The van der Waals surface area contributed by atoms with Crippen LogP contribution in [0, 0.1) is 5.82 Å². The van der Waals surface area contributed by atoms with Crippen LogP contribution in [0.3, 0.4) is 0 Å². The molecule has 1 aromatic heterocycles. The molecule has 0 saturated heterocycles. The summed E-state index contributed by atoms with van der Waals surface area (Å²) in [6.45, 7) is 4.72. The first kappa shape index (κ1) is 10.9. The molecule has 0 amide bonds. The summed E-state index contributed by atoms with van der Waals surface area (Å²) in [6.07, 6.45) is 1.21. The van der Waals surface area contributed by atoms with Crippen LogP contribution in [0.5, 0.6) is 0 Å². The molecular formula is C10H16FN3. The molecule has 0 radical (unpaired) electrons. The summed E-state index contributed by atoms with van der Waals surface area (Å²) in [6, 6.07) is 1.87. The topological polar surface area (TPSA) is 37.0 Å². The fourth-order valence-corrected chi connectivity index (χ4v) is 1.16. The van der Waals surface area contributed by atoms with E-state index in [0.717, 1.165) is 11.4 Å². The standard InChI is InChI=1S/C10H16FN3/c1-7(2)13-5-8-4-9(11)6-14-10(8)12-3/h4,6-7,13H,5H2,1-3H3,(H,12,14). The van der Waals surface area contributed by atoms with Gasteiger partial charge in [-0.25, -0.2) is 9.37 Å². The predicted molar refractivity (Wildman–Crippen MR) is 55.7 cm³/mol. The van der Waals surface area contributed by atoms with Gasteiger partial charge in [-0.05, 0) is 6.07 Å². The van der Waals surface area contributed by atoms with Crippen molar-refractivity contribution in [2.45, 2.75) is 26.4 Å². The number of aromatic nitrogens is 1. The normalized spacial score (nSPS) is 10.6. The van der Waals surface area contributed by atoms with E-state index in [9.17, 15) is 4.39 Å². The zero-order valence-corrected chi connectivity index (χ0v) is 8.76. The van der Waals surface area contributed by atoms with Gasteiger partial charge in [0.25, 0.3) is 0 Å². The summed E-state index contributed by atoms with van der Waals surface area (Å²) >= 11 is 0. The molecule has 2 N–H and O–H groups in total. The minimum Gasteiger partial charge on any atom is -0.373 e.